The Hall–Kier alpha value is -3.16. The van der Waals surface area contributed by atoms with Crippen molar-refractivity contribution in [3.05, 3.63) is 63.9 Å². The molecule has 1 heterocycles. The van der Waals surface area contributed by atoms with Crippen LogP contribution in [0.4, 0.5) is 5.88 Å². The highest BCUT2D eigenvalue weighted by Crippen LogP contribution is 2.16. The summed E-state index contributed by atoms with van der Waals surface area (Å²) < 4.78 is 9.80. The van der Waals surface area contributed by atoms with Crippen molar-refractivity contribution >= 4 is 17.8 Å². The lowest BCUT2D eigenvalue weighted by Crippen LogP contribution is -2.43. The molecule has 0 radical (unpaired) electrons. The topological polar surface area (TPSA) is 112 Å². The molecule has 0 saturated heterocycles. The number of furan rings is 1. The highest BCUT2D eigenvalue weighted by molar-refractivity contribution is 5.94. The number of ether oxygens (including phenoxy) is 1. The molecule has 0 aliphatic carbocycles. The van der Waals surface area contributed by atoms with Gasteiger partial charge in [-0.15, -0.1) is 0 Å². The van der Waals surface area contributed by atoms with E-state index in [9.17, 15) is 19.7 Å². The van der Waals surface area contributed by atoms with E-state index in [0.717, 1.165) is 11.6 Å². The second-order valence-electron chi connectivity index (χ2n) is 4.86. The number of benzene rings is 1. The number of esters is 1. The van der Waals surface area contributed by atoms with Crippen molar-refractivity contribution in [1.82, 2.24) is 5.32 Å². The summed E-state index contributed by atoms with van der Waals surface area (Å²) in [5.74, 6) is -2.10. The molecule has 0 aliphatic heterocycles. The summed E-state index contributed by atoms with van der Waals surface area (Å²) in [7, 11) is 0. The van der Waals surface area contributed by atoms with Crippen molar-refractivity contribution in [2.45, 2.75) is 19.4 Å². The minimum atomic E-state index is -0.927. The zero-order valence-corrected chi connectivity index (χ0v) is 12.9. The van der Waals surface area contributed by atoms with Crippen molar-refractivity contribution in [3.8, 4) is 0 Å². The molecule has 126 valence electrons. The summed E-state index contributed by atoms with van der Waals surface area (Å²) in [6, 6.07) is 10.4. The average Bonchev–Trinajstić information content (AvgIpc) is 3.06. The molecule has 1 aromatic heterocycles. The van der Waals surface area contributed by atoms with Gasteiger partial charge in [0.25, 0.3) is 5.91 Å². The van der Waals surface area contributed by atoms with Crippen LogP contribution in [0.25, 0.3) is 0 Å². The van der Waals surface area contributed by atoms with Crippen LogP contribution in [0.5, 0.6) is 0 Å². The van der Waals surface area contributed by atoms with Crippen LogP contribution in [0.1, 0.15) is 23.0 Å². The molecule has 1 aromatic carbocycles. The van der Waals surface area contributed by atoms with Crippen LogP contribution in [0.15, 0.2) is 46.9 Å². The third kappa shape index (κ3) is 4.42. The molecule has 0 fully saturated rings. The van der Waals surface area contributed by atoms with Gasteiger partial charge in [0.05, 0.1) is 12.7 Å². The standard InChI is InChI=1S/C16H16N2O6/c1-2-23-16(20)12(10-11-6-4-3-5-7-11)17-15(19)13-8-9-14(24-13)18(21)22/h3-9,12H,2,10H2,1H3,(H,17,19). The highest BCUT2D eigenvalue weighted by Gasteiger charge is 2.25. The Bertz CT molecular complexity index is 725. The smallest absolute Gasteiger partial charge is 0.433 e. The fourth-order valence-electron chi connectivity index (χ4n) is 2.06. The lowest BCUT2D eigenvalue weighted by molar-refractivity contribution is -0.402. The van der Waals surface area contributed by atoms with Gasteiger partial charge in [0.15, 0.2) is 5.76 Å². The van der Waals surface area contributed by atoms with E-state index in [0.29, 0.717) is 0 Å². The van der Waals surface area contributed by atoms with Crippen LogP contribution in [0.3, 0.4) is 0 Å². The second kappa shape index (κ2) is 7.91. The molecule has 1 atom stereocenters. The van der Waals surface area contributed by atoms with Gasteiger partial charge >= 0.3 is 11.9 Å². The number of amides is 1. The predicted octanol–water partition coefficient (Wildman–Crippen LogP) is 2.09. The molecule has 0 bridgehead atoms. The summed E-state index contributed by atoms with van der Waals surface area (Å²) in [6.07, 6.45) is 0.230. The lowest BCUT2D eigenvalue weighted by atomic mass is 10.1. The summed E-state index contributed by atoms with van der Waals surface area (Å²) in [5, 5.41) is 13.1. The number of hydrogen-bond donors (Lipinski definition) is 1. The number of carbonyl (C=O) groups excluding carboxylic acids is 2. The first-order valence-electron chi connectivity index (χ1n) is 7.27. The van der Waals surface area contributed by atoms with E-state index in [1.807, 2.05) is 30.3 Å². The molecule has 1 unspecified atom stereocenters. The van der Waals surface area contributed by atoms with Gasteiger partial charge in [0.2, 0.25) is 0 Å². The van der Waals surface area contributed by atoms with E-state index < -0.39 is 28.7 Å². The molecule has 24 heavy (non-hydrogen) atoms. The fourth-order valence-corrected chi connectivity index (χ4v) is 2.06. The van der Waals surface area contributed by atoms with Gasteiger partial charge in [-0.2, -0.15) is 0 Å². The van der Waals surface area contributed by atoms with Crippen LogP contribution in [-0.2, 0) is 16.0 Å². The first-order chi connectivity index (χ1) is 11.5. The Morgan fingerprint density at radius 3 is 2.54 bits per heavy atom. The molecule has 1 N–H and O–H groups in total. The first kappa shape index (κ1) is 17.2. The molecular formula is C16H16N2O6. The maximum Gasteiger partial charge on any atom is 0.433 e. The summed E-state index contributed by atoms with van der Waals surface area (Å²) in [5.41, 5.74) is 0.835. The van der Waals surface area contributed by atoms with Crippen molar-refractivity contribution < 1.29 is 23.7 Å². The van der Waals surface area contributed by atoms with E-state index in [-0.39, 0.29) is 18.8 Å². The maximum atomic E-state index is 12.2. The molecule has 1 amide bonds. The van der Waals surface area contributed by atoms with Crippen molar-refractivity contribution in [1.29, 1.82) is 0 Å². The Morgan fingerprint density at radius 2 is 1.96 bits per heavy atom. The highest BCUT2D eigenvalue weighted by atomic mass is 16.6. The monoisotopic (exact) mass is 332 g/mol. The van der Waals surface area contributed by atoms with E-state index in [4.69, 9.17) is 9.15 Å². The molecule has 8 heteroatoms. The minimum absolute atomic E-state index is 0.173. The second-order valence-corrected chi connectivity index (χ2v) is 4.86. The van der Waals surface area contributed by atoms with Gasteiger partial charge in [0.1, 0.15) is 11.0 Å². The predicted molar refractivity (Wildman–Crippen MR) is 83.4 cm³/mol. The zero-order chi connectivity index (χ0) is 17.5. The van der Waals surface area contributed by atoms with Crippen LogP contribution in [0.2, 0.25) is 0 Å². The van der Waals surface area contributed by atoms with E-state index in [1.165, 1.54) is 6.07 Å². The molecule has 2 aromatic rings. The number of nitrogens with one attached hydrogen (secondary N) is 1. The number of carbonyl (C=O) groups is 2. The van der Waals surface area contributed by atoms with Crippen molar-refractivity contribution in [3.63, 3.8) is 0 Å². The van der Waals surface area contributed by atoms with Crippen LogP contribution in [0, 0.1) is 10.1 Å². The van der Waals surface area contributed by atoms with Crippen molar-refractivity contribution in [2.24, 2.45) is 0 Å². The summed E-state index contributed by atoms with van der Waals surface area (Å²) in [4.78, 5) is 34.1. The number of hydrogen-bond acceptors (Lipinski definition) is 6. The third-order valence-corrected chi connectivity index (χ3v) is 3.15. The fraction of sp³-hybridized carbons (Fsp3) is 0.250. The maximum absolute atomic E-state index is 12.2. The number of nitrogens with zero attached hydrogens (tertiary/aromatic N) is 1. The van der Waals surface area contributed by atoms with Gasteiger partial charge in [-0.1, -0.05) is 30.3 Å². The minimum Gasteiger partial charge on any atom is -0.464 e. The summed E-state index contributed by atoms with van der Waals surface area (Å²) in [6.45, 7) is 1.83. The Balaban J connectivity index is 2.12. The molecule has 0 aliphatic rings. The zero-order valence-electron chi connectivity index (χ0n) is 12.9. The molecule has 8 nitrogen and oxygen atoms in total. The van der Waals surface area contributed by atoms with Gasteiger partial charge in [-0.25, -0.2) is 4.79 Å². The van der Waals surface area contributed by atoms with Crippen LogP contribution in [-0.4, -0.2) is 29.4 Å². The van der Waals surface area contributed by atoms with Gasteiger partial charge in [-0.05, 0) is 18.6 Å². The molecule has 0 saturated carbocycles. The van der Waals surface area contributed by atoms with E-state index >= 15 is 0 Å². The average molecular weight is 332 g/mol. The van der Waals surface area contributed by atoms with E-state index in [2.05, 4.69) is 5.32 Å². The van der Waals surface area contributed by atoms with E-state index in [1.54, 1.807) is 6.92 Å². The van der Waals surface area contributed by atoms with Gasteiger partial charge in [-0.3, -0.25) is 14.9 Å². The Kier molecular flexibility index (Phi) is 5.67. The lowest BCUT2D eigenvalue weighted by Gasteiger charge is -2.16. The Labute approximate surface area is 137 Å². The molecular weight excluding hydrogens is 316 g/mol. The number of rotatable bonds is 7. The number of nitro groups is 1. The van der Waals surface area contributed by atoms with Crippen LogP contribution < -0.4 is 5.32 Å². The quantitative estimate of drug-likeness (QED) is 0.472. The third-order valence-electron chi connectivity index (χ3n) is 3.15. The summed E-state index contributed by atoms with van der Waals surface area (Å²) >= 11 is 0. The largest absolute Gasteiger partial charge is 0.464 e. The van der Waals surface area contributed by atoms with Gasteiger partial charge in [0, 0.05) is 6.42 Å². The van der Waals surface area contributed by atoms with Gasteiger partial charge < -0.3 is 14.5 Å². The van der Waals surface area contributed by atoms with Crippen molar-refractivity contribution in [2.75, 3.05) is 6.61 Å². The molecule has 2 rings (SSSR count). The Morgan fingerprint density at radius 1 is 1.25 bits per heavy atom. The first-order valence-corrected chi connectivity index (χ1v) is 7.27. The normalized spacial score (nSPS) is 11.5. The SMILES string of the molecule is CCOC(=O)C(Cc1ccccc1)NC(=O)c1ccc([N+](=O)[O-])o1. The molecule has 0 spiro atoms. The van der Waals surface area contributed by atoms with Crippen LogP contribution >= 0.6 is 0 Å².